The van der Waals surface area contributed by atoms with Crippen LogP contribution in [0.5, 0.6) is 0 Å². The number of hydrogen-bond acceptors (Lipinski definition) is 3. The summed E-state index contributed by atoms with van der Waals surface area (Å²) in [5.74, 6) is -0.0695. The summed E-state index contributed by atoms with van der Waals surface area (Å²) in [7, 11) is 0. The van der Waals surface area contributed by atoms with Gasteiger partial charge in [-0.15, -0.1) is 0 Å². The third-order valence-electron chi connectivity index (χ3n) is 2.73. The van der Waals surface area contributed by atoms with Crippen molar-refractivity contribution in [3.8, 4) is 0 Å². The van der Waals surface area contributed by atoms with E-state index in [1.54, 1.807) is 6.92 Å². The van der Waals surface area contributed by atoms with E-state index < -0.39 is 0 Å². The van der Waals surface area contributed by atoms with Crippen LogP contribution in [0.25, 0.3) is 0 Å². The van der Waals surface area contributed by atoms with Crippen LogP contribution in [0.2, 0.25) is 0 Å². The van der Waals surface area contributed by atoms with Crippen LogP contribution in [0.15, 0.2) is 24.3 Å². The largest absolute Gasteiger partial charge is 0.393 e. The minimum absolute atomic E-state index is 0.0695. The molecule has 0 aliphatic carbocycles. The second kappa shape index (κ2) is 7.84. The molecule has 1 rings (SSSR count). The van der Waals surface area contributed by atoms with Gasteiger partial charge in [-0.2, -0.15) is 0 Å². The lowest BCUT2D eigenvalue weighted by Crippen LogP contribution is -2.25. The standard InChI is InChI=1S/C14H22N2O2/c1-11(17)3-2-10-16-14(18)13-6-4-12(5-7-13)8-9-15/h4-7,11,17H,2-3,8-10,15H2,1H3,(H,16,18). The molecule has 0 aromatic heterocycles. The van der Waals surface area contributed by atoms with Crippen LogP contribution in [-0.4, -0.2) is 30.2 Å². The fraction of sp³-hybridized carbons (Fsp3) is 0.500. The average Bonchev–Trinajstić information content (AvgIpc) is 2.35. The Labute approximate surface area is 108 Å². The van der Waals surface area contributed by atoms with Crippen molar-refractivity contribution in [3.05, 3.63) is 35.4 Å². The van der Waals surface area contributed by atoms with E-state index in [0.29, 0.717) is 25.1 Å². The Morgan fingerprint density at radius 3 is 2.61 bits per heavy atom. The topological polar surface area (TPSA) is 75.3 Å². The molecule has 0 bridgehead atoms. The summed E-state index contributed by atoms with van der Waals surface area (Å²) in [6, 6.07) is 7.49. The summed E-state index contributed by atoms with van der Waals surface area (Å²) in [6.45, 7) is 2.96. The van der Waals surface area contributed by atoms with Gasteiger partial charge in [-0.25, -0.2) is 0 Å². The Hall–Kier alpha value is -1.39. The van der Waals surface area contributed by atoms with Crippen molar-refractivity contribution in [2.45, 2.75) is 32.3 Å². The summed E-state index contributed by atoms with van der Waals surface area (Å²) in [6.07, 6.45) is 2.01. The number of rotatable bonds is 7. The number of benzene rings is 1. The van der Waals surface area contributed by atoms with E-state index in [-0.39, 0.29) is 12.0 Å². The van der Waals surface area contributed by atoms with Gasteiger partial charge in [0.25, 0.3) is 5.91 Å². The molecule has 0 saturated heterocycles. The van der Waals surface area contributed by atoms with Crippen molar-refractivity contribution in [1.82, 2.24) is 5.32 Å². The Morgan fingerprint density at radius 2 is 2.06 bits per heavy atom. The number of nitrogens with two attached hydrogens (primary N) is 1. The highest BCUT2D eigenvalue weighted by molar-refractivity contribution is 5.94. The lowest BCUT2D eigenvalue weighted by atomic mass is 10.1. The second-order valence-electron chi connectivity index (χ2n) is 4.48. The number of aliphatic hydroxyl groups is 1. The molecule has 0 saturated carbocycles. The van der Waals surface area contributed by atoms with Crippen molar-refractivity contribution >= 4 is 5.91 Å². The summed E-state index contributed by atoms with van der Waals surface area (Å²) < 4.78 is 0. The van der Waals surface area contributed by atoms with Gasteiger partial charge < -0.3 is 16.2 Å². The van der Waals surface area contributed by atoms with Crippen LogP contribution in [0.4, 0.5) is 0 Å². The minimum Gasteiger partial charge on any atom is -0.393 e. The van der Waals surface area contributed by atoms with Gasteiger partial charge in [0, 0.05) is 12.1 Å². The number of carbonyl (C=O) groups is 1. The Kier molecular flexibility index (Phi) is 6.39. The molecule has 18 heavy (non-hydrogen) atoms. The van der Waals surface area contributed by atoms with Crippen LogP contribution in [0.3, 0.4) is 0 Å². The van der Waals surface area contributed by atoms with E-state index in [9.17, 15) is 4.79 Å². The van der Waals surface area contributed by atoms with E-state index in [0.717, 1.165) is 18.4 Å². The first-order chi connectivity index (χ1) is 8.63. The molecule has 1 aromatic rings. The molecule has 1 amide bonds. The van der Waals surface area contributed by atoms with Crippen molar-refractivity contribution in [2.75, 3.05) is 13.1 Å². The highest BCUT2D eigenvalue weighted by Gasteiger charge is 2.04. The quantitative estimate of drug-likeness (QED) is 0.634. The van der Waals surface area contributed by atoms with E-state index >= 15 is 0 Å². The molecule has 0 fully saturated rings. The van der Waals surface area contributed by atoms with Gasteiger partial charge >= 0.3 is 0 Å². The van der Waals surface area contributed by atoms with Gasteiger partial charge in [0.05, 0.1) is 6.10 Å². The average molecular weight is 250 g/mol. The van der Waals surface area contributed by atoms with E-state index in [1.165, 1.54) is 0 Å². The van der Waals surface area contributed by atoms with Crippen LogP contribution in [0, 0.1) is 0 Å². The molecule has 4 N–H and O–H groups in total. The molecule has 1 aromatic carbocycles. The maximum atomic E-state index is 11.8. The summed E-state index contributed by atoms with van der Waals surface area (Å²) >= 11 is 0. The Morgan fingerprint density at radius 1 is 1.39 bits per heavy atom. The van der Waals surface area contributed by atoms with Gasteiger partial charge in [0.1, 0.15) is 0 Å². The molecular formula is C14H22N2O2. The van der Waals surface area contributed by atoms with Crippen LogP contribution in [0.1, 0.15) is 35.7 Å². The van der Waals surface area contributed by atoms with E-state index in [2.05, 4.69) is 5.32 Å². The van der Waals surface area contributed by atoms with Crippen molar-refractivity contribution in [3.63, 3.8) is 0 Å². The van der Waals surface area contributed by atoms with Crippen LogP contribution in [-0.2, 0) is 6.42 Å². The molecule has 0 aliphatic heterocycles. The molecule has 0 radical (unpaired) electrons. The van der Waals surface area contributed by atoms with E-state index in [4.69, 9.17) is 10.8 Å². The molecule has 4 heteroatoms. The first-order valence-electron chi connectivity index (χ1n) is 6.38. The predicted octanol–water partition coefficient (Wildman–Crippen LogP) is 1.08. The summed E-state index contributed by atoms with van der Waals surface area (Å²) in [5, 5.41) is 11.9. The number of amides is 1. The second-order valence-corrected chi connectivity index (χ2v) is 4.48. The number of nitrogens with one attached hydrogen (secondary N) is 1. The lowest BCUT2D eigenvalue weighted by Gasteiger charge is -2.07. The Bertz CT molecular complexity index is 361. The molecule has 1 unspecified atom stereocenters. The summed E-state index contributed by atoms with van der Waals surface area (Å²) in [5.41, 5.74) is 7.27. The van der Waals surface area contributed by atoms with Gasteiger partial charge in [-0.1, -0.05) is 12.1 Å². The first-order valence-corrected chi connectivity index (χ1v) is 6.38. The van der Waals surface area contributed by atoms with Gasteiger partial charge in [-0.3, -0.25) is 4.79 Å². The normalized spacial score (nSPS) is 12.2. The molecule has 0 spiro atoms. The van der Waals surface area contributed by atoms with Crippen molar-refractivity contribution < 1.29 is 9.90 Å². The summed E-state index contributed by atoms with van der Waals surface area (Å²) in [4.78, 5) is 11.8. The monoisotopic (exact) mass is 250 g/mol. The predicted molar refractivity (Wildman–Crippen MR) is 72.4 cm³/mol. The van der Waals surface area contributed by atoms with E-state index in [1.807, 2.05) is 24.3 Å². The third kappa shape index (κ3) is 5.29. The van der Waals surface area contributed by atoms with Gasteiger partial charge in [0.2, 0.25) is 0 Å². The fourth-order valence-electron chi connectivity index (χ4n) is 1.69. The lowest BCUT2D eigenvalue weighted by molar-refractivity contribution is 0.0949. The zero-order valence-corrected chi connectivity index (χ0v) is 10.9. The number of carbonyl (C=O) groups excluding carboxylic acids is 1. The molecule has 1 atom stereocenters. The third-order valence-corrected chi connectivity index (χ3v) is 2.73. The van der Waals surface area contributed by atoms with Crippen molar-refractivity contribution in [2.24, 2.45) is 5.73 Å². The van der Waals surface area contributed by atoms with Gasteiger partial charge in [0.15, 0.2) is 0 Å². The molecule has 100 valence electrons. The first kappa shape index (κ1) is 14.7. The highest BCUT2D eigenvalue weighted by atomic mass is 16.3. The molecule has 0 heterocycles. The molecule has 0 aliphatic rings. The van der Waals surface area contributed by atoms with Crippen LogP contribution >= 0.6 is 0 Å². The van der Waals surface area contributed by atoms with Crippen molar-refractivity contribution in [1.29, 1.82) is 0 Å². The fourth-order valence-corrected chi connectivity index (χ4v) is 1.69. The highest BCUT2D eigenvalue weighted by Crippen LogP contribution is 2.05. The zero-order chi connectivity index (χ0) is 13.4. The van der Waals surface area contributed by atoms with Gasteiger partial charge in [-0.05, 0) is 50.4 Å². The minimum atomic E-state index is -0.308. The smallest absolute Gasteiger partial charge is 0.251 e. The molecule has 4 nitrogen and oxygen atoms in total. The Balaban J connectivity index is 2.37. The zero-order valence-electron chi connectivity index (χ0n) is 10.9. The van der Waals surface area contributed by atoms with Crippen LogP contribution < -0.4 is 11.1 Å². The SMILES string of the molecule is CC(O)CCCNC(=O)c1ccc(CCN)cc1. The maximum Gasteiger partial charge on any atom is 0.251 e. The number of hydrogen-bond donors (Lipinski definition) is 3. The number of aliphatic hydroxyl groups excluding tert-OH is 1. The molecular weight excluding hydrogens is 228 g/mol. The maximum absolute atomic E-state index is 11.8.